The fourth-order valence-electron chi connectivity index (χ4n) is 5.78. The van der Waals surface area contributed by atoms with Gasteiger partial charge in [-0.15, -0.1) is 6.58 Å². The maximum atomic E-state index is 13.9. The highest BCUT2D eigenvalue weighted by molar-refractivity contribution is 5.96. The van der Waals surface area contributed by atoms with Crippen LogP contribution in [0.3, 0.4) is 0 Å². The zero-order valence-electron chi connectivity index (χ0n) is 24.4. The van der Waals surface area contributed by atoms with Gasteiger partial charge in [-0.2, -0.15) is 0 Å². The monoisotopic (exact) mass is 584 g/mol. The SMILES string of the molecule is C=C[C@@H]1C[C@]1(NC(=O)[C@@H]1C[C@@H](Oc2cc(-c3ccccc3)nc3ccccc23)CN1C(=O)[C@@H](NC(C)=O)C(C)C)C(=O)O. The number of aromatic nitrogens is 1. The van der Waals surface area contributed by atoms with E-state index in [2.05, 4.69) is 17.2 Å². The topological polar surface area (TPSA) is 138 Å². The molecule has 1 aliphatic heterocycles. The van der Waals surface area contributed by atoms with Crippen LogP contribution in [-0.2, 0) is 19.2 Å². The summed E-state index contributed by atoms with van der Waals surface area (Å²) in [4.78, 5) is 57.8. The number of benzene rings is 2. The van der Waals surface area contributed by atoms with Crippen LogP contribution in [0.25, 0.3) is 22.2 Å². The molecular formula is C33H36N4O6. The number of carboxylic acids is 1. The molecule has 5 rings (SSSR count). The van der Waals surface area contributed by atoms with Crippen molar-refractivity contribution >= 4 is 34.6 Å². The van der Waals surface area contributed by atoms with Gasteiger partial charge in [-0.1, -0.05) is 62.4 Å². The summed E-state index contributed by atoms with van der Waals surface area (Å²) in [5, 5.41) is 16.1. The molecule has 2 heterocycles. The molecule has 1 aromatic heterocycles. The van der Waals surface area contributed by atoms with Gasteiger partial charge in [0.2, 0.25) is 17.7 Å². The van der Waals surface area contributed by atoms with Crippen LogP contribution in [0.5, 0.6) is 5.75 Å². The first-order chi connectivity index (χ1) is 20.5. The van der Waals surface area contributed by atoms with E-state index in [1.165, 1.54) is 17.9 Å². The number of hydrogen-bond acceptors (Lipinski definition) is 6. The van der Waals surface area contributed by atoms with Gasteiger partial charge < -0.3 is 25.4 Å². The quantitative estimate of drug-likeness (QED) is 0.310. The highest BCUT2D eigenvalue weighted by Gasteiger charge is 2.61. The first kappa shape index (κ1) is 29.8. The molecule has 10 heteroatoms. The molecule has 3 N–H and O–H groups in total. The molecule has 1 saturated carbocycles. The zero-order valence-corrected chi connectivity index (χ0v) is 24.4. The predicted octanol–water partition coefficient (Wildman–Crippen LogP) is 3.56. The number of nitrogens with one attached hydrogen (secondary N) is 2. The molecule has 10 nitrogen and oxygen atoms in total. The van der Waals surface area contributed by atoms with Gasteiger partial charge in [0.15, 0.2) is 0 Å². The largest absolute Gasteiger partial charge is 0.488 e. The number of hydrogen-bond donors (Lipinski definition) is 3. The fraction of sp³-hybridized carbons (Fsp3) is 0.364. The van der Waals surface area contributed by atoms with Crippen molar-refractivity contribution in [2.24, 2.45) is 11.8 Å². The predicted molar refractivity (Wildman–Crippen MR) is 161 cm³/mol. The second-order valence-corrected chi connectivity index (χ2v) is 11.6. The van der Waals surface area contributed by atoms with E-state index in [0.717, 1.165) is 16.5 Å². The van der Waals surface area contributed by atoms with Crippen LogP contribution in [-0.4, -0.2) is 69.0 Å². The van der Waals surface area contributed by atoms with Crippen molar-refractivity contribution in [1.82, 2.24) is 20.5 Å². The molecule has 2 aromatic carbocycles. The molecule has 3 amide bonds. The lowest BCUT2D eigenvalue weighted by atomic mass is 10.0. The minimum absolute atomic E-state index is 0.0714. The van der Waals surface area contributed by atoms with Crippen LogP contribution in [0.15, 0.2) is 73.3 Å². The van der Waals surface area contributed by atoms with E-state index in [1.54, 1.807) is 0 Å². The van der Waals surface area contributed by atoms with E-state index >= 15 is 0 Å². The number of para-hydroxylation sites is 1. The highest BCUT2D eigenvalue weighted by atomic mass is 16.5. The molecule has 3 aromatic rings. The molecule has 2 aliphatic rings. The Morgan fingerprint density at radius 1 is 1.12 bits per heavy atom. The van der Waals surface area contributed by atoms with Crippen molar-refractivity contribution in [3.63, 3.8) is 0 Å². The van der Waals surface area contributed by atoms with E-state index in [9.17, 15) is 24.3 Å². The minimum Gasteiger partial charge on any atom is -0.488 e. The van der Waals surface area contributed by atoms with Gasteiger partial charge in [0.25, 0.3) is 0 Å². The number of pyridine rings is 1. The summed E-state index contributed by atoms with van der Waals surface area (Å²) >= 11 is 0. The molecule has 0 unspecified atom stereocenters. The zero-order chi connectivity index (χ0) is 30.9. The number of nitrogens with zero attached hydrogens (tertiary/aromatic N) is 2. The number of fused-ring (bicyclic) bond motifs is 1. The third-order valence-electron chi connectivity index (χ3n) is 8.21. The Morgan fingerprint density at radius 3 is 2.44 bits per heavy atom. The van der Waals surface area contributed by atoms with E-state index in [0.29, 0.717) is 11.4 Å². The summed E-state index contributed by atoms with van der Waals surface area (Å²) < 4.78 is 6.53. The van der Waals surface area contributed by atoms with Crippen LogP contribution >= 0.6 is 0 Å². The van der Waals surface area contributed by atoms with Gasteiger partial charge in [-0.25, -0.2) is 9.78 Å². The fourth-order valence-corrected chi connectivity index (χ4v) is 5.78. The lowest BCUT2D eigenvalue weighted by Gasteiger charge is -2.30. The molecular weight excluding hydrogens is 548 g/mol. The number of aliphatic carboxylic acids is 1. The molecule has 5 atom stereocenters. The summed E-state index contributed by atoms with van der Waals surface area (Å²) in [5.74, 6) is -2.63. The Hall–Kier alpha value is -4.73. The van der Waals surface area contributed by atoms with Crippen molar-refractivity contribution < 1.29 is 29.0 Å². The maximum Gasteiger partial charge on any atom is 0.330 e. The van der Waals surface area contributed by atoms with Crippen LogP contribution in [0.1, 0.15) is 33.6 Å². The highest BCUT2D eigenvalue weighted by Crippen LogP contribution is 2.45. The first-order valence-electron chi connectivity index (χ1n) is 14.4. The Labute approximate surface area is 250 Å². The Kier molecular flexibility index (Phi) is 8.21. The lowest BCUT2D eigenvalue weighted by molar-refractivity contribution is -0.146. The summed E-state index contributed by atoms with van der Waals surface area (Å²) in [6.07, 6.45) is 1.29. The van der Waals surface area contributed by atoms with Crippen molar-refractivity contribution in [2.75, 3.05) is 6.54 Å². The molecule has 1 saturated heterocycles. The van der Waals surface area contributed by atoms with E-state index in [4.69, 9.17) is 9.72 Å². The van der Waals surface area contributed by atoms with E-state index < -0.39 is 47.4 Å². The Bertz CT molecular complexity index is 1570. The van der Waals surface area contributed by atoms with Crippen molar-refractivity contribution in [3.05, 3.63) is 73.3 Å². The summed E-state index contributed by atoms with van der Waals surface area (Å²) in [6, 6.07) is 17.3. The second-order valence-electron chi connectivity index (χ2n) is 11.6. The van der Waals surface area contributed by atoms with Gasteiger partial charge in [-0.05, 0) is 24.5 Å². The molecule has 0 spiro atoms. The van der Waals surface area contributed by atoms with Crippen molar-refractivity contribution in [3.8, 4) is 17.0 Å². The van der Waals surface area contributed by atoms with Gasteiger partial charge in [0, 0.05) is 36.3 Å². The standard InChI is InChI=1S/C33H36N4O6/c1-5-22-17-33(22,32(41)42)36-30(39)27-15-23(18-37(27)31(40)29(19(2)3)34-20(4)38)43-28-16-26(21-11-7-6-8-12-21)35-25-14-10-9-13-24(25)28/h5-14,16,19,22-23,27,29H,1,15,17-18H2,2-4H3,(H,34,38)(H,36,39)(H,41,42)/t22-,23-,27+,29+,33-/m1/s1. The maximum absolute atomic E-state index is 13.9. The second kappa shape index (κ2) is 11.9. The third kappa shape index (κ3) is 5.95. The molecule has 224 valence electrons. The Balaban J connectivity index is 1.47. The van der Waals surface area contributed by atoms with Gasteiger partial charge in [-0.3, -0.25) is 14.4 Å². The smallest absolute Gasteiger partial charge is 0.330 e. The molecule has 0 radical (unpaired) electrons. The van der Waals surface area contributed by atoms with E-state index in [1.807, 2.05) is 74.5 Å². The van der Waals surface area contributed by atoms with Crippen molar-refractivity contribution in [2.45, 2.75) is 57.3 Å². The van der Waals surface area contributed by atoms with Crippen LogP contribution in [0, 0.1) is 11.8 Å². The summed E-state index contributed by atoms with van der Waals surface area (Å²) in [7, 11) is 0. The average Bonchev–Trinajstić information content (AvgIpc) is 3.55. The first-order valence-corrected chi connectivity index (χ1v) is 14.4. The number of likely N-dealkylation sites (tertiary alicyclic amines) is 1. The lowest BCUT2D eigenvalue weighted by Crippen LogP contribution is -2.57. The third-order valence-corrected chi connectivity index (χ3v) is 8.21. The number of ether oxygens (including phenoxy) is 1. The summed E-state index contributed by atoms with van der Waals surface area (Å²) in [5.41, 5.74) is 0.909. The van der Waals surface area contributed by atoms with Gasteiger partial charge >= 0.3 is 5.97 Å². The number of carbonyl (C=O) groups is 4. The molecule has 43 heavy (non-hydrogen) atoms. The van der Waals surface area contributed by atoms with Crippen LogP contribution in [0.2, 0.25) is 0 Å². The van der Waals surface area contributed by atoms with Gasteiger partial charge in [0.05, 0.1) is 17.8 Å². The number of carboxylic acid groups (broad SMARTS) is 1. The van der Waals surface area contributed by atoms with Crippen molar-refractivity contribution in [1.29, 1.82) is 0 Å². The Morgan fingerprint density at radius 2 is 1.81 bits per heavy atom. The number of rotatable bonds is 10. The summed E-state index contributed by atoms with van der Waals surface area (Å²) in [6.45, 7) is 8.71. The molecule has 0 bridgehead atoms. The average molecular weight is 585 g/mol. The van der Waals surface area contributed by atoms with E-state index in [-0.39, 0.29) is 31.2 Å². The van der Waals surface area contributed by atoms with Crippen LogP contribution < -0.4 is 15.4 Å². The normalized spacial score (nSPS) is 23.4. The molecule has 1 aliphatic carbocycles. The van der Waals surface area contributed by atoms with Crippen LogP contribution in [0.4, 0.5) is 0 Å². The molecule has 2 fully saturated rings. The van der Waals surface area contributed by atoms with Gasteiger partial charge in [0.1, 0.15) is 29.5 Å². The number of amides is 3. The minimum atomic E-state index is -1.45. The number of carbonyl (C=O) groups excluding carboxylic acids is 3.